The highest BCUT2D eigenvalue weighted by atomic mass is 19.3. The summed E-state index contributed by atoms with van der Waals surface area (Å²) in [5.41, 5.74) is 6.71. The third-order valence-corrected chi connectivity index (χ3v) is 4.91. The minimum Gasteiger partial charge on any atom is -0.374 e. The summed E-state index contributed by atoms with van der Waals surface area (Å²) in [5.74, 6) is -2.72. The number of hydrogen-bond acceptors (Lipinski definition) is 3. The van der Waals surface area contributed by atoms with E-state index in [0.717, 1.165) is 24.7 Å². The van der Waals surface area contributed by atoms with Gasteiger partial charge < -0.3 is 14.5 Å². The first kappa shape index (κ1) is 42.5. The highest BCUT2D eigenvalue weighted by Gasteiger charge is 2.25. The van der Waals surface area contributed by atoms with Gasteiger partial charge in [0, 0.05) is 31.8 Å². The quantitative estimate of drug-likeness (QED) is 0.341. The molecule has 0 aliphatic heterocycles. The predicted molar refractivity (Wildman–Crippen MR) is 168 cm³/mol. The number of nitrogens with zero attached hydrogens (tertiary/aromatic N) is 1. The Kier molecular flexibility index (Phi) is 28.4. The van der Waals surface area contributed by atoms with Crippen LogP contribution in [0.15, 0.2) is 91.2 Å². The van der Waals surface area contributed by atoms with Gasteiger partial charge in [-0.05, 0) is 52.7 Å². The zero-order valence-electron chi connectivity index (χ0n) is 25.9. The van der Waals surface area contributed by atoms with Crippen LogP contribution in [0, 0.1) is 27.7 Å². The molecule has 2 aromatic rings. The van der Waals surface area contributed by atoms with E-state index in [1.165, 1.54) is 22.8 Å². The lowest BCUT2D eigenvalue weighted by Crippen LogP contribution is -2.17. The van der Waals surface area contributed by atoms with Gasteiger partial charge in [-0.15, -0.1) is 0 Å². The van der Waals surface area contributed by atoms with Crippen LogP contribution in [0.1, 0.15) is 62.4 Å². The van der Waals surface area contributed by atoms with E-state index in [-0.39, 0.29) is 5.56 Å². The number of benzene rings is 2. The summed E-state index contributed by atoms with van der Waals surface area (Å²) in [6.07, 6.45) is 7.96. The first-order chi connectivity index (χ1) is 18.3. The molecule has 39 heavy (non-hydrogen) atoms. The standard InChI is InChI=1S/C12H19N.C10H12F2.C8H10.C2H6.2CH2O/c1-6-8-9-12(7-2)10-13(5)11(3)4;1-7-4-5-9(8(2)6-7)10(3,11)12;1-7-3-5-8(2)6-4-7;3*1-2/h6-9H,2-3,10H2,1,4-5H3;4-6H,1-3H3;3-6H,1-2H3;1-2H3;2*1H2/b8-6-,12-9+;;;;;. The molecule has 5 heteroatoms. The summed E-state index contributed by atoms with van der Waals surface area (Å²) >= 11 is 0. The van der Waals surface area contributed by atoms with E-state index in [4.69, 9.17) is 9.59 Å². The summed E-state index contributed by atoms with van der Waals surface area (Å²) in [4.78, 5) is 18.1. The number of likely N-dealkylation sites (N-methyl/N-ethyl adjacent to an activating group) is 1. The average Bonchev–Trinajstić information content (AvgIpc) is 2.91. The SMILES string of the molecule is C=C/C(=C\C=C/C)CN(C)C(=C)C.C=O.C=O.CC.Cc1ccc(C(C)(F)F)c(C)c1.Cc1ccc(C)cc1. The van der Waals surface area contributed by atoms with Crippen LogP contribution in [0.4, 0.5) is 8.78 Å². The molecule has 0 bridgehead atoms. The summed E-state index contributed by atoms with van der Waals surface area (Å²) in [7, 11) is 2.02. The Hall–Kier alpha value is -3.60. The number of aryl methyl sites for hydroxylation is 4. The number of carbonyl (C=O) groups is 2. The van der Waals surface area contributed by atoms with Crippen LogP contribution < -0.4 is 0 Å². The third kappa shape index (κ3) is 23.3. The van der Waals surface area contributed by atoms with Gasteiger partial charge in [0.2, 0.25) is 0 Å². The van der Waals surface area contributed by atoms with Crippen molar-refractivity contribution in [3.63, 3.8) is 0 Å². The number of hydrogen-bond donors (Lipinski definition) is 0. The van der Waals surface area contributed by atoms with Crippen LogP contribution in [-0.4, -0.2) is 32.1 Å². The van der Waals surface area contributed by atoms with Gasteiger partial charge in [0.05, 0.1) is 0 Å². The Morgan fingerprint density at radius 2 is 1.31 bits per heavy atom. The maximum atomic E-state index is 12.8. The van der Waals surface area contributed by atoms with Crippen LogP contribution in [0.3, 0.4) is 0 Å². The van der Waals surface area contributed by atoms with Gasteiger partial charge in [-0.25, -0.2) is 8.78 Å². The fourth-order valence-corrected chi connectivity index (χ4v) is 2.76. The highest BCUT2D eigenvalue weighted by Crippen LogP contribution is 2.29. The molecule has 3 nitrogen and oxygen atoms in total. The largest absolute Gasteiger partial charge is 0.374 e. The number of halogens is 2. The van der Waals surface area contributed by atoms with Crippen LogP contribution in [0.2, 0.25) is 0 Å². The Morgan fingerprint density at radius 3 is 1.62 bits per heavy atom. The summed E-state index contributed by atoms with van der Waals surface area (Å²) in [5, 5.41) is 0. The topological polar surface area (TPSA) is 37.4 Å². The van der Waals surface area contributed by atoms with Crippen molar-refractivity contribution in [2.75, 3.05) is 13.6 Å². The Bertz CT molecular complexity index is 949. The Labute approximate surface area is 237 Å². The molecule has 0 fully saturated rings. The number of rotatable bonds is 6. The summed E-state index contributed by atoms with van der Waals surface area (Å²) in [6.45, 7) is 29.2. The van der Waals surface area contributed by atoms with Crippen LogP contribution in [-0.2, 0) is 15.5 Å². The molecule has 0 aliphatic rings. The molecule has 0 atom stereocenters. The monoisotopic (exact) mass is 543 g/mol. The average molecular weight is 544 g/mol. The molecule has 2 rings (SSSR count). The first-order valence-corrected chi connectivity index (χ1v) is 12.7. The molecule has 0 amide bonds. The maximum absolute atomic E-state index is 12.8. The Balaban J connectivity index is -0.000000218. The van der Waals surface area contributed by atoms with Crippen molar-refractivity contribution in [1.82, 2.24) is 4.90 Å². The van der Waals surface area contributed by atoms with E-state index in [2.05, 4.69) is 62.2 Å². The van der Waals surface area contributed by atoms with E-state index in [1.54, 1.807) is 19.1 Å². The molecule has 218 valence electrons. The van der Waals surface area contributed by atoms with E-state index in [0.29, 0.717) is 5.56 Å². The van der Waals surface area contributed by atoms with Gasteiger partial charge in [-0.2, -0.15) is 0 Å². The number of allylic oxidation sites excluding steroid dienone is 4. The van der Waals surface area contributed by atoms with Gasteiger partial charge in [-0.1, -0.05) is 110 Å². The summed E-state index contributed by atoms with van der Waals surface area (Å²) in [6, 6.07) is 13.5. The molecular weight excluding hydrogens is 492 g/mol. The van der Waals surface area contributed by atoms with Gasteiger partial charge >= 0.3 is 0 Å². The lowest BCUT2D eigenvalue weighted by atomic mass is 10.0. The van der Waals surface area contributed by atoms with Crippen LogP contribution >= 0.6 is 0 Å². The molecule has 0 saturated carbocycles. The molecule has 0 spiro atoms. The minimum absolute atomic E-state index is 0.119. The van der Waals surface area contributed by atoms with Crippen molar-refractivity contribution in [2.24, 2.45) is 0 Å². The van der Waals surface area contributed by atoms with Crippen molar-refractivity contribution < 1.29 is 18.4 Å². The smallest absolute Gasteiger partial charge is 0.270 e. The third-order valence-electron chi connectivity index (χ3n) is 4.91. The van der Waals surface area contributed by atoms with E-state index >= 15 is 0 Å². The summed E-state index contributed by atoms with van der Waals surface area (Å²) < 4.78 is 25.7. The van der Waals surface area contributed by atoms with Gasteiger partial charge in [0.15, 0.2) is 0 Å². The van der Waals surface area contributed by atoms with Crippen LogP contribution in [0.25, 0.3) is 0 Å². The second-order valence-electron chi connectivity index (χ2n) is 8.42. The molecular formula is C34H51F2NO2. The van der Waals surface area contributed by atoms with E-state index < -0.39 is 5.92 Å². The fourth-order valence-electron chi connectivity index (χ4n) is 2.76. The fraction of sp³-hybridized carbons (Fsp3) is 0.353. The first-order valence-electron chi connectivity index (χ1n) is 12.7. The van der Waals surface area contributed by atoms with Crippen molar-refractivity contribution in [3.05, 3.63) is 119 Å². The number of alkyl halides is 2. The highest BCUT2D eigenvalue weighted by molar-refractivity contribution is 5.33. The number of carbonyl (C=O) groups excluding carboxylic acids is 2. The van der Waals surface area contributed by atoms with E-state index in [9.17, 15) is 8.78 Å². The van der Waals surface area contributed by atoms with Gasteiger partial charge in [-0.3, -0.25) is 0 Å². The zero-order valence-corrected chi connectivity index (χ0v) is 25.9. The van der Waals surface area contributed by atoms with Crippen molar-refractivity contribution in [3.8, 4) is 0 Å². The molecule has 0 aromatic heterocycles. The van der Waals surface area contributed by atoms with Gasteiger partial charge in [0.25, 0.3) is 5.92 Å². The normalized spacial score (nSPS) is 9.79. The van der Waals surface area contributed by atoms with Crippen LogP contribution in [0.5, 0.6) is 0 Å². The van der Waals surface area contributed by atoms with Gasteiger partial charge in [0.1, 0.15) is 13.6 Å². The lowest BCUT2D eigenvalue weighted by Gasteiger charge is -2.18. The molecule has 0 unspecified atom stereocenters. The predicted octanol–water partition coefficient (Wildman–Crippen LogP) is 9.52. The maximum Gasteiger partial charge on any atom is 0.270 e. The second-order valence-corrected chi connectivity index (χ2v) is 8.42. The van der Waals surface area contributed by atoms with E-state index in [1.807, 2.05) is 73.5 Å². The molecule has 0 aliphatic carbocycles. The lowest BCUT2D eigenvalue weighted by molar-refractivity contribution is -0.0987. The molecule has 0 N–H and O–H groups in total. The molecule has 0 saturated heterocycles. The molecule has 0 heterocycles. The Morgan fingerprint density at radius 1 is 0.897 bits per heavy atom. The molecule has 2 aromatic carbocycles. The van der Waals surface area contributed by atoms with Crippen molar-refractivity contribution in [2.45, 2.75) is 68.2 Å². The van der Waals surface area contributed by atoms with Crippen molar-refractivity contribution >= 4 is 13.6 Å². The van der Waals surface area contributed by atoms with Crippen molar-refractivity contribution in [1.29, 1.82) is 0 Å². The zero-order chi connectivity index (χ0) is 31.6. The molecule has 0 radical (unpaired) electrons. The minimum atomic E-state index is -2.72. The second kappa shape index (κ2) is 26.0.